The standard InChI is InChI=1S/C37H36N2O5/c1-25(40)43-33(23-27-14-8-4-9-15-27)35(28-18-20-30(42-2)21-19-28)39-24-31-34(32(39)22-26-12-6-3-7-13-26)38-44-37(31)36(41)29-16-10-5-11-17-29/h3-21,32-33,35-36,41H,22-24H2,1-2H3/t32-,33-,35+,36+/m0/s1. The van der Waals surface area contributed by atoms with Crippen LogP contribution in [0, 0.1) is 0 Å². The van der Waals surface area contributed by atoms with Crippen LogP contribution in [0.5, 0.6) is 5.75 Å². The summed E-state index contributed by atoms with van der Waals surface area (Å²) in [5.74, 6) is 0.836. The predicted molar refractivity (Wildman–Crippen MR) is 167 cm³/mol. The molecule has 0 radical (unpaired) electrons. The van der Waals surface area contributed by atoms with Crippen LogP contribution in [0.4, 0.5) is 0 Å². The summed E-state index contributed by atoms with van der Waals surface area (Å²) < 4.78 is 17.5. The van der Waals surface area contributed by atoms with Gasteiger partial charge in [0.05, 0.1) is 19.2 Å². The van der Waals surface area contributed by atoms with E-state index in [1.54, 1.807) is 7.11 Å². The van der Waals surface area contributed by atoms with Gasteiger partial charge in [0.15, 0.2) is 5.76 Å². The molecule has 0 aliphatic carbocycles. The molecule has 1 aliphatic heterocycles. The lowest BCUT2D eigenvalue weighted by molar-refractivity contribution is -0.151. The molecule has 2 heterocycles. The number of nitrogens with zero attached hydrogens (tertiary/aromatic N) is 2. The summed E-state index contributed by atoms with van der Waals surface area (Å²) in [4.78, 5) is 15.0. The van der Waals surface area contributed by atoms with Gasteiger partial charge in [0, 0.05) is 25.5 Å². The zero-order valence-corrected chi connectivity index (χ0v) is 24.9. The lowest BCUT2D eigenvalue weighted by atomic mass is 9.92. The predicted octanol–water partition coefficient (Wildman–Crippen LogP) is 6.78. The highest BCUT2D eigenvalue weighted by atomic mass is 16.5. The first-order valence-corrected chi connectivity index (χ1v) is 14.9. The molecule has 6 rings (SSSR count). The Labute approximate surface area is 257 Å². The van der Waals surface area contributed by atoms with Gasteiger partial charge >= 0.3 is 5.97 Å². The third-order valence-corrected chi connectivity index (χ3v) is 8.30. The zero-order chi connectivity index (χ0) is 30.5. The lowest BCUT2D eigenvalue weighted by Crippen LogP contribution is -2.40. The number of benzene rings is 4. The highest BCUT2D eigenvalue weighted by Gasteiger charge is 2.44. The number of carbonyl (C=O) groups excluding carboxylic acids is 1. The number of hydrogen-bond acceptors (Lipinski definition) is 7. The van der Waals surface area contributed by atoms with Gasteiger partial charge in [-0.15, -0.1) is 0 Å². The van der Waals surface area contributed by atoms with Crippen LogP contribution >= 0.6 is 0 Å². The molecule has 1 aliphatic rings. The minimum atomic E-state index is -0.960. The molecule has 0 amide bonds. The number of esters is 1. The smallest absolute Gasteiger partial charge is 0.302 e. The fourth-order valence-corrected chi connectivity index (χ4v) is 6.25. The van der Waals surface area contributed by atoms with Gasteiger partial charge in [-0.3, -0.25) is 9.69 Å². The van der Waals surface area contributed by atoms with Crippen LogP contribution in [0.25, 0.3) is 0 Å². The Kier molecular flexibility index (Phi) is 8.86. The summed E-state index contributed by atoms with van der Waals surface area (Å²) in [6, 6.07) is 37.2. The molecule has 0 unspecified atom stereocenters. The molecule has 44 heavy (non-hydrogen) atoms. The highest BCUT2D eigenvalue weighted by molar-refractivity contribution is 5.66. The number of hydrogen-bond donors (Lipinski definition) is 1. The van der Waals surface area contributed by atoms with Crippen molar-refractivity contribution in [1.29, 1.82) is 0 Å². The van der Waals surface area contributed by atoms with Crippen molar-refractivity contribution in [3.05, 3.63) is 155 Å². The van der Waals surface area contributed by atoms with E-state index in [1.165, 1.54) is 6.92 Å². The van der Waals surface area contributed by atoms with Crippen molar-refractivity contribution in [3.63, 3.8) is 0 Å². The van der Waals surface area contributed by atoms with Crippen molar-refractivity contribution in [1.82, 2.24) is 10.1 Å². The summed E-state index contributed by atoms with van der Waals surface area (Å²) in [6.45, 7) is 1.91. The van der Waals surface area contributed by atoms with Crippen molar-refractivity contribution in [3.8, 4) is 5.75 Å². The van der Waals surface area contributed by atoms with Crippen LogP contribution in [0.1, 0.15) is 64.4 Å². The molecule has 0 saturated carbocycles. The van der Waals surface area contributed by atoms with Crippen LogP contribution in [-0.4, -0.2) is 34.3 Å². The van der Waals surface area contributed by atoms with E-state index in [1.807, 2.05) is 91.0 Å². The average Bonchev–Trinajstić information content (AvgIpc) is 3.62. The number of aliphatic hydroxyl groups is 1. The van der Waals surface area contributed by atoms with Crippen LogP contribution < -0.4 is 4.74 Å². The van der Waals surface area contributed by atoms with Crippen molar-refractivity contribution in [2.75, 3.05) is 7.11 Å². The number of carbonyl (C=O) groups is 1. The number of rotatable bonds is 11. The molecule has 0 bridgehead atoms. The molecule has 7 nitrogen and oxygen atoms in total. The summed E-state index contributed by atoms with van der Waals surface area (Å²) in [6.07, 6.45) is -0.290. The Hall–Kier alpha value is -4.72. The topological polar surface area (TPSA) is 85.0 Å². The maximum atomic E-state index is 12.6. The molecule has 0 spiro atoms. The second-order valence-electron chi connectivity index (χ2n) is 11.2. The van der Waals surface area contributed by atoms with Crippen LogP contribution in [0.3, 0.4) is 0 Å². The van der Waals surface area contributed by atoms with E-state index >= 15 is 0 Å². The first-order valence-electron chi connectivity index (χ1n) is 14.9. The zero-order valence-electron chi connectivity index (χ0n) is 24.9. The largest absolute Gasteiger partial charge is 0.497 e. The van der Waals surface area contributed by atoms with E-state index < -0.39 is 12.2 Å². The summed E-state index contributed by atoms with van der Waals surface area (Å²) in [5.41, 5.74) is 5.58. The van der Waals surface area contributed by atoms with Gasteiger partial charge in [-0.1, -0.05) is 108 Å². The number of aromatic nitrogens is 1. The Morgan fingerprint density at radius 2 is 1.50 bits per heavy atom. The number of aliphatic hydroxyl groups excluding tert-OH is 1. The molecule has 1 N–H and O–H groups in total. The molecular formula is C37H36N2O5. The van der Waals surface area contributed by atoms with E-state index in [4.69, 9.17) is 14.0 Å². The summed E-state index contributed by atoms with van der Waals surface area (Å²) >= 11 is 0. The lowest BCUT2D eigenvalue weighted by Gasteiger charge is -2.38. The van der Waals surface area contributed by atoms with Gasteiger partial charge in [0.2, 0.25) is 0 Å². The highest BCUT2D eigenvalue weighted by Crippen LogP contribution is 2.46. The first-order chi connectivity index (χ1) is 21.5. The van der Waals surface area contributed by atoms with E-state index in [9.17, 15) is 9.90 Å². The molecular weight excluding hydrogens is 552 g/mol. The van der Waals surface area contributed by atoms with E-state index in [0.29, 0.717) is 25.1 Å². The van der Waals surface area contributed by atoms with Gasteiger partial charge in [-0.2, -0.15) is 0 Å². The number of fused-ring (bicyclic) bond motifs is 1. The van der Waals surface area contributed by atoms with Gasteiger partial charge in [-0.25, -0.2) is 0 Å². The minimum Gasteiger partial charge on any atom is -0.497 e. The fourth-order valence-electron chi connectivity index (χ4n) is 6.25. The summed E-state index contributed by atoms with van der Waals surface area (Å²) in [5, 5.41) is 16.0. The molecule has 4 aromatic carbocycles. The Balaban J connectivity index is 1.46. The Morgan fingerprint density at radius 3 is 2.11 bits per heavy atom. The Bertz CT molecular complexity index is 1660. The normalized spacial score (nSPS) is 16.6. The minimum absolute atomic E-state index is 0.200. The van der Waals surface area contributed by atoms with E-state index in [-0.39, 0.29) is 18.1 Å². The molecule has 7 heteroatoms. The third kappa shape index (κ3) is 6.30. The SMILES string of the molecule is COc1ccc([C@H]([C@H](Cc2ccccc2)OC(C)=O)N2Cc3c(noc3[C@H](O)c3ccccc3)[C@@H]2Cc2ccccc2)cc1. The van der Waals surface area contributed by atoms with Crippen molar-refractivity contribution in [2.45, 2.75) is 50.6 Å². The number of methoxy groups -OCH3 is 1. The van der Waals surface area contributed by atoms with Crippen molar-refractivity contribution < 1.29 is 23.9 Å². The van der Waals surface area contributed by atoms with E-state index in [2.05, 4.69) is 34.3 Å². The molecule has 224 valence electrons. The van der Waals surface area contributed by atoms with E-state index in [0.717, 1.165) is 39.3 Å². The average molecular weight is 589 g/mol. The third-order valence-electron chi connectivity index (χ3n) is 8.30. The molecule has 1 aromatic heterocycles. The molecule has 5 aromatic rings. The van der Waals surface area contributed by atoms with Gasteiger partial charge in [-0.05, 0) is 40.8 Å². The quantitative estimate of drug-likeness (QED) is 0.170. The molecule has 4 atom stereocenters. The maximum absolute atomic E-state index is 12.6. The number of ether oxygens (including phenoxy) is 2. The van der Waals surface area contributed by atoms with Crippen LogP contribution in [0.15, 0.2) is 120 Å². The van der Waals surface area contributed by atoms with Gasteiger partial charge < -0.3 is 19.1 Å². The van der Waals surface area contributed by atoms with Crippen LogP contribution in [-0.2, 0) is 28.9 Å². The van der Waals surface area contributed by atoms with Gasteiger partial charge in [0.25, 0.3) is 0 Å². The maximum Gasteiger partial charge on any atom is 0.302 e. The van der Waals surface area contributed by atoms with Crippen LogP contribution in [0.2, 0.25) is 0 Å². The molecule has 0 fully saturated rings. The van der Waals surface area contributed by atoms with Crippen molar-refractivity contribution >= 4 is 5.97 Å². The molecule has 0 saturated heterocycles. The summed E-state index contributed by atoms with van der Waals surface area (Å²) in [7, 11) is 1.64. The fraction of sp³-hybridized carbons (Fsp3) is 0.243. The monoisotopic (exact) mass is 588 g/mol. The first kappa shape index (κ1) is 29.4. The second-order valence-corrected chi connectivity index (χ2v) is 11.2. The van der Waals surface area contributed by atoms with Crippen molar-refractivity contribution in [2.24, 2.45) is 0 Å². The Morgan fingerprint density at radius 1 is 0.886 bits per heavy atom. The van der Waals surface area contributed by atoms with Gasteiger partial charge in [0.1, 0.15) is 23.7 Å². The second kappa shape index (κ2) is 13.3.